The highest BCUT2D eigenvalue weighted by molar-refractivity contribution is 7.89. The number of amides is 1. The molecule has 0 aromatic carbocycles. The Morgan fingerprint density at radius 1 is 1.22 bits per heavy atom. The summed E-state index contributed by atoms with van der Waals surface area (Å²) in [4.78, 5) is 13.4. The molecular formula is C15H28N2O5S. The molecule has 1 amide bonds. The molecule has 0 aromatic rings. The first-order chi connectivity index (χ1) is 10.6. The van der Waals surface area contributed by atoms with Crippen LogP contribution in [0, 0.1) is 5.92 Å². The zero-order chi connectivity index (χ0) is 17.3. The molecule has 0 bridgehead atoms. The van der Waals surface area contributed by atoms with Crippen molar-refractivity contribution in [2.45, 2.75) is 45.3 Å². The maximum atomic E-state index is 12.5. The fourth-order valence-electron chi connectivity index (χ4n) is 2.90. The first kappa shape index (κ1) is 18.5. The number of piperidine rings is 1. The molecule has 1 atom stereocenters. The van der Waals surface area contributed by atoms with Crippen LogP contribution in [0.2, 0.25) is 0 Å². The minimum atomic E-state index is -3.30. The molecule has 134 valence electrons. The first-order valence-corrected chi connectivity index (χ1v) is 9.70. The summed E-state index contributed by atoms with van der Waals surface area (Å²) in [5.74, 6) is 0.0679. The topological polar surface area (TPSA) is 76.2 Å². The predicted molar refractivity (Wildman–Crippen MR) is 86.7 cm³/mol. The second-order valence-corrected chi connectivity index (χ2v) is 9.40. The van der Waals surface area contributed by atoms with Crippen molar-refractivity contribution >= 4 is 16.1 Å². The molecule has 0 N–H and O–H groups in total. The summed E-state index contributed by atoms with van der Waals surface area (Å²) in [6.07, 6.45) is 1.34. The number of sulfonamides is 1. The van der Waals surface area contributed by atoms with Crippen LogP contribution in [0.15, 0.2) is 0 Å². The fraction of sp³-hybridized carbons (Fsp3) is 0.933. The van der Waals surface area contributed by atoms with Gasteiger partial charge in [-0.3, -0.25) is 0 Å². The van der Waals surface area contributed by atoms with Gasteiger partial charge in [-0.25, -0.2) is 13.2 Å². The Morgan fingerprint density at radius 2 is 1.87 bits per heavy atom. The van der Waals surface area contributed by atoms with Crippen molar-refractivity contribution in [3.8, 4) is 0 Å². The van der Waals surface area contributed by atoms with Crippen LogP contribution in [0.4, 0.5) is 4.79 Å². The van der Waals surface area contributed by atoms with Gasteiger partial charge in [-0.2, -0.15) is 4.31 Å². The Kier molecular flexibility index (Phi) is 5.58. The maximum absolute atomic E-state index is 12.5. The van der Waals surface area contributed by atoms with E-state index in [0.29, 0.717) is 26.2 Å². The third-order valence-electron chi connectivity index (χ3n) is 4.12. The van der Waals surface area contributed by atoms with Crippen LogP contribution < -0.4 is 0 Å². The van der Waals surface area contributed by atoms with Crippen LogP contribution in [0.25, 0.3) is 0 Å². The van der Waals surface area contributed by atoms with Crippen LogP contribution in [0.5, 0.6) is 0 Å². The van der Waals surface area contributed by atoms with Crippen molar-refractivity contribution in [3.63, 3.8) is 0 Å². The van der Waals surface area contributed by atoms with Crippen molar-refractivity contribution in [3.05, 3.63) is 0 Å². The molecule has 2 rings (SSSR count). The summed E-state index contributed by atoms with van der Waals surface area (Å²) < 4.78 is 37.1. The molecule has 8 heteroatoms. The Bertz CT molecular complexity index is 522. The summed E-state index contributed by atoms with van der Waals surface area (Å²) in [7, 11) is -1.68. The van der Waals surface area contributed by atoms with Gasteiger partial charge in [0.25, 0.3) is 0 Å². The quantitative estimate of drug-likeness (QED) is 0.765. The number of rotatable bonds is 4. The van der Waals surface area contributed by atoms with E-state index < -0.39 is 15.6 Å². The van der Waals surface area contributed by atoms with E-state index in [9.17, 15) is 13.2 Å². The number of hydrogen-bond donors (Lipinski definition) is 0. The zero-order valence-electron chi connectivity index (χ0n) is 14.4. The second-order valence-electron chi connectivity index (χ2n) is 7.39. The molecule has 2 aliphatic heterocycles. The number of carbonyl (C=O) groups excluding carboxylic acids is 1. The first-order valence-electron chi connectivity index (χ1n) is 8.09. The van der Waals surface area contributed by atoms with Gasteiger partial charge in [0.2, 0.25) is 10.0 Å². The van der Waals surface area contributed by atoms with Gasteiger partial charge in [0, 0.05) is 39.2 Å². The number of nitrogens with zero attached hydrogens (tertiary/aromatic N) is 2. The number of methoxy groups -OCH3 is 1. The molecule has 0 aromatic heterocycles. The van der Waals surface area contributed by atoms with Crippen molar-refractivity contribution in [2.75, 3.05) is 39.0 Å². The summed E-state index contributed by atoms with van der Waals surface area (Å²) in [6, 6.07) is 0. The van der Waals surface area contributed by atoms with Crippen molar-refractivity contribution < 1.29 is 22.7 Å². The molecular weight excluding hydrogens is 320 g/mol. The van der Waals surface area contributed by atoms with Gasteiger partial charge in [0.05, 0.1) is 11.9 Å². The molecule has 2 aliphatic rings. The fourth-order valence-corrected chi connectivity index (χ4v) is 4.72. The third-order valence-corrected chi connectivity index (χ3v) is 6.13. The minimum Gasteiger partial charge on any atom is -0.444 e. The number of carbonyl (C=O) groups is 1. The van der Waals surface area contributed by atoms with Crippen molar-refractivity contribution in [1.29, 1.82) is 0 Å². The van der Waals surface area contributed by atoms with E-state index in [1.807, 2.05) is 20.8 Å². The molecule has 23 heavy (non-hydrogen) atoms. The molecule has 0 spiro atoms. The van der Waals surface area contributed by atoms with Crippen LogP contribution in [0.3, 0.4) is 0 Å². The lowest BCUT2D eigenvalue weighted by Crippen LogP contribution is -2.55. The lowest BCUT2D eigenvalue weighted by Gasteiger charge is -2.40. The summed E-state index contributed by atoms with van der Waals surface area (Å²) >= 11 is 0. The van der Waals surface area contributed by atoms with Gasteiger partial charge in [-0.05, 0) is 33.6 Å². The largest absolute Gasteiger partial charge is 0.444 e. The Labute approximate surface area is 139 Å². The normalized spacial score (nSPS) is 24.3. The molecule has 2 saturated heterocycles. The van der Waals surface area contributed by atoms with E-state index in [-0.39, 0.29) is 23.9 Å². The molecule has 0 aliphatic carbocycles. The minimum absolute atomic E-state index is 0.0156. The molecule has 2 heterocycles. The molecule has 2 fully saturated rings. The Balaban J connectivity index is 1.81. The second kappa shape index (κ2) is 6.94. The van der Waals surface area contributed by atoms with Gasteiger partial charge < -0.3 is 14.4 Å². The monoisotopic (exact) mass is 348 g/mol. The zero-order valence-corrected chi connectivity index (χ0v) is 15.3. The van der Waals surface area contributed by atoms with E-state index in [2.05, 4.69) is 0 Å². The highest BCUT2D eigenvalue weighted by Crippen LogP contribution is 2.24. The lowest BCUT2D eigenvalue weighted by atomic mass is 10.0. The van der Waals surface area contributed by atoms with Crippen molar-refractivity contribution in [1.82, 2.24) is 9.21 Å². The van der Waals surface area contributed by atoms with E-state index in [1.165, 1.54) is 4.31 Å². The SMILES string of the molecule is COC1CCCN(S(=O)(=O)CC2CN(C(=O)OC(C)(C)C)C2)C1. The van der Waals surface area contributed by atoms with Crippen LogP contribution >= 0.6 is 0 Å². The summed E-state index contributed by atoms with van der Waals surface area (Å²) in [6.45, 7) is 7.32. The van der Waals surface area contributed by atoms with Gasteiger partial charge in [0.15, 0.2) is 0 Å². The van der Waals surface area contributed by atoms with E-state index in [4.69, 9.17) is 9.47 Å². The average Bonchev–Trinajstić information content (AvgIpc) is 2.40. The van der Waals surface area contributed by atoms with E-state index >= 15 is 0 Å². The number of likely N-dealkylation sites (tertiary alicyclic amines) is 1. The highest BCUT2D eigenvalue weighted by Gasteiger charge is 2.38. The van der Waals surface area contributed by atoms with Crippen molar-refractivity contribution in [2.24, 2.45) is 5.92 Å². The van der Waals surface area contributed by atoms with E-state index in [0.717, 1.165) is 12.8 Å². The van der Waals surface area contributed by atoms with Gasteiger partial charge in [-0.15, -0.1) is 0 Å². The summed E-state index contributed by atoms with van der Waals surface area (Å²) in [5.41, 5.74) is -0.531. The average molecular weight is 348 g/mol. The highest BCUT2D eigenvalue weighted by atomic mass is 32.2. The number of hydrogen-bond acceptors (Lipinski definition) is 5. The standard InChI is InChI=1S/C15H28N2O5S/c1-15(2,3)22-14(18)16-8-12(9-16)11-23(19,20)17-7-5-6-13(10-17)21-4/h12-13H,5-11H2,1-4H3. The van der Waals surface area contributed by atoms with Crippen LogP contribution in [-0.2, 0) is 19.5 Å². The number of ether oxygens (including phenoxy) is 2. The van der Waals surface area contributed by atoms with Crippen LogP contribution in [-0.4, -0.2) is 74.5 Å². The molecule has 1 unspecified atom stereocenters. The lowest BCUT2D eigenvalue weighted by molar-refractivity contribution is 0.00167. The van der Waals surface area contributed by atoms with Gasteiger partial charge in [-0.1, -0.05) is 0 Å². The Morgan fingerprint density at radius 3 is 2.43 bits per heavy atom. The van der Waals surface area contributed by atoms with E-state index in [1.54, 1.807) is 12.0 Å². The maximum Gasteiger partial charge on any atom is 0.410 e. The van der Waals surface area contributed by atoms with Gasteiger partial charge in [0.1, 0.15) is 5.60 Å². The Hall–Kier alpha value is -0.860. The molecule has 7 nitrogen and oxygen atoms in total. The summed E-state index contributed by atoms with van der Waals surface area (Å²) in [5, 5.41) is 0. The van der Waals surface area contributed by atoms with Crippen LogP contribution in [0.1, 0.15) is 33.6 Å². The van der Waals surface area contributed by atoms with Gasteiger partial charge >= 0.3 is 6.09 Å². The molecule has 0 saturated carbocycles. The smallest absolute Gasteiger partial charge is 0.410 e. The predicted octanol–water partition coefficient (Wildman–Crippen LogP) is 1.29. The third kappa shape index (κ3) is 5.06. The molecule has 0 radical (unpaired) electrons.